The summed E-state index contributed by atoms with van der Waals surface area (Å²) in [6, 6.07) is 32.5. The van der Waals surface area contributed by atoms with Crippen molar-refractivity contribution in [2.24, 2.45) is 0 Å². The van der Waals surface area contributed by atoms with Gasteiger partial charge in [0.25, 0.3) is 11.4 Å². The highest BCUT2D eigenvalue weighted by molar-refractivity contribution is 6.16. The molecule has 0 saturated carbocycles. The molecule has 2 heterocycles. The van der Waals surface area contributed by atoms with Gasteiger partial charge in [0.15, 0.2) is 0 Å². The van der Waals surface area contributed by atoms with Crippen LogP contribution in [0.1, 0.15) is 32.6 Å². The summed E-state index contributed by atoms with van der Waals surface area (Å²) in [5.41, 5.74) is 3.66. The number of carbonyl (C=O) groups is 2. The molecule has 0 amide bonds. The molecule has 15 heteroatoms. The molecule has 0 aliphatic carbocycles. The Labute approximate surface area is 300 Å². The van der Waals surface area contributed by atoms with Gasteiger partial charge in [0.05, 0.1) is 22.8 Å². The van der Waals surface area contributed by atoms with Crippen LogP contribution in [0.3, 0.4) is 0 Å². The first kappa shape index (κ1) is 37.9. The van der Waals surface area contributed by atoms with Crippen molar-refractivity contribution in [3.8, 4) is 33.8 Å². The van der Waals surface area contributed by atoms with Gasteiger partial charge in [-0.15, -0.1) is 11.6 Å². The molecular weight excluding hydrogens is 700 g/mol. The maximum Gasteiger partial charge on any atom is 0.373 e. The highest BCUT2D eigenvalue weighted by Crippen LogP contribution is 2.26. The van der Waals surface area contributed by atoms with E-state index in [4.69, 9.17) is 35.4 Å². The summed E-state index contributed by atoms with van der Waals surface area (Å²) in [4.78, 5) is 41.8. The Morgan fingerprint density at radius 2 is 1.08 bits per heavy atom. The fraction of sp³-hybridized carbons (Fsp3) is 0.0811. The van der Waals surface area contributed by atoms with Gasteiger partial charge in [-0.3, -0.25) is 20.2 Å². The summed E-state index contributed by atoms with van der Waals surface area (Å²) in [5, 5.41) is 39.1. The van der Waals surface area contributed by atoms with Crippen LogP contribution in [0.5, 0.6) is 11.5 Å². The summed E-state index contributed by atoms with van der Waals surface area (Å²) in [6.45, 7) is 0.115. The molecule has 0 fully saturated rings. The second-order valence-electron chi connectivity index (χ2n) is 10.4. The van der Waals surface area contributed by atoms with E-state index in [-0.39, 0.29) is 41.1 Å². The number of carboxylic acids is 1. The first-order valence-electron chi connectivity index (χ1n) is 15.0. The Morgan fingerprint density at radius 3 is 1.48 bits per heavy atom. The van der Waals surface area contributed by atoms with Gasteiger partial charge in [-0.2, -0.15) is 0 Å². The molecule has 0 saturated heterocycles. The van der Waals surface area contributed by atoms with Gasteiger partial charge in [0, 0.05) is 24.3 Å². The number of nitro benzene ring substituents is 2. The standard InChI is InChI=1S/C18H13NO6.C12H9NO3.C7H7ClO3/c20-18(21)17-10-9-16(25-17)11-24-15-7-3-13(4-8-15)12-1-5-14(6-2-12)19(22)23;14-12-7-3-10(4-8-12)9-1-5-11(6-2-9)13(15)16;1-10-7(9)6-3-2-5(4-8)11-6/h1-10H,11H2,(H,20,21);1-8,14H;2-3H,4H2,1H3. The SMILES string of the molecule is COC(=O)c1ccc(CCl)o1.O=C(O)c1ccc(COc2ccc(-c3ccc([N+](=O)[O-])cc3)cc2)o1.O=[N+]([O-])c1ccc(-c2ccc(O)cc2)cc1. The zero-order chi connectivity index (χ0) is 37.6. The third kappa shape index (κ3) is 10.8. The molecule has 0 aliphatic heterocycles. The molecule has 266 valence electrons. The third-order valence-corrected chi connectivity index (χ3v) is 7.24. The monoisotopic (exact) mass is 728 g/mol. The normalized spacial score (nSPS) is 10.1. The van der Waals surface area contributed by atoms with Gasteiger partial charge in [0.1, 0.15) is 29.6 Å². The number of hydrogen-bond acceptors (Lipinski definition) is 11. The number of non-ortho nitro benzene ring substituents is 2. The van der Waals surface area contributed by atoms with Crippen LogP contribution in [0.4, 0.5) is 11.4 Å². The predicted molar refractivity (Wildman–Crippen MR) is 188 cm³/mol. The topological polar surface area (TPSA) is 206 Å². The Morgan fingerprint density at radius 1 is 0.654 bits per heavy atom. The van der Waals surface area contributed by atoms with Gasteiger partial charge >= 0.3 is 11.9 Å². The number of phenols is 1. The van der Waals surface area contributed by atoms with Crippen molar-refractivity contribution in [1.29, 1.82) is 0 Å². The van der Waals surface area contributed by atoms with Crippen LogP contribution in [0.15, 0.2) is 130 Å². The summed E-state index contributed by atoms with van der Waals surface area (Å²) in [6.07, 6.45) is 0. The van der Waals surface area contributed by atoms with Crippen LogP contribution >= 0.6 is 11.6 Å². The van der Waals surface area contributed by atoms with Crippen molar-refractivity contribution >= 4 is 34.9 Å². The molecular formula is C37H29ClN2O12. The fourth-order valence-electron chi connectivity index (χ4n) is 4.33. The molecule has 0 bridgehead atoms. The highest BCUT2D eigenvalue weighted by Gasteiger charge is 2.11. The molecule has 0 atom stereocenters. The zero-order valence-corrected chi connectivity index (χ0v) is 28.0. The zero-order valence-electron chi connectivity index (χ0n) is 27.2. The summed E-state index contributed by atoms with van der Waals surface area (Å²) in [7, 11) is 1.30. The summed E-state index contributed by atoms with van der Waals surface area (Å²) in [5.74, 6) is 0.473. The lowest BCUT2D eigenvalue weighted by Gasteiger charge is -2.06. The molecule has 6 aromatic rings. The number of nitro groups is 2. The van der Waals surface area contributed by atoms with Crippen molar-refractivity contribution in [3.63, 3.8) is 0 Å². The van der Waals surface area contributed by atoms with E-state index in [0.29, 0.717) is 17.3 Å². The Bertz CT molecular complexity index is 2110. The number of halogens is 1. The number of aromatic carboxylic acids is 1. The van der Waals surface area contributed by atoms with E-state index >= 15 is 0 Å². The number of esters is 1. The smallest absolute Gasteiger partial charge is 0.373 e. The van der Waals surface area contributed by atoms with Gasteiger partial charge in [-0.25, -0.2) is 9.59 Å². The number of aromatic hydroxyl groups is 1. The number of rotatable bonds is 10. The minimum absolute atomic E-state index is 0.0443. The van der Waals surface area contributed by atoms with Crippen LogP contribution in [0.25, 0.3) is 22.3 Å². The number of methoxy groups -OCH3 is 1. The van der Waals surface area contributed by atoms with E-state index in [0.717, 1.165) is 22.3 Å². The minimum atomic E-state index is -1.13. The van der Waals surface area contributed by atoms with Crippen LogP contribution < -0.4 is 4.74 Å². The fourth-order valence-corrected chi connectivity index (χ4v) is 4.48. The lowest BCUT2D eigenvalue weighted by atomic mass is 10.1. The molecule has 0 aliphatic rings. The molecule has 0 spiro atoms. The number of phenolic OH excluding ortho intramolecular Hbond substituents is 1. The number of furan rings is 2. The first-order chi connectivity index (χ1) is 25.0. The van der Waals surface area contributed by atoms with E-state index in [2.05, 4.69) is 4.74 Å². The van der Waals surface area contributed by atoms with E-state index in [1.807, 2.05) is 12.1 Å². The highest BCUT2D eigenvalue weighted by atomic mass is 35.5. The van der Waals surface area contributed by atoms with Crippen molar-refractivity contribution in [1.82, 2.24) is 0 Å². The van der Waals surface area contributed by atoms with Gasteiger partial charge < -0.3 is 28.5 Å². The average molecular weight is 729 g/mol. The Balaban J connectivity index is 0.000000191. The predicted octanol–water partition coefficient (Wildman–Crippen LogP) is 8.90. The van der Waals surface area contributed by atoms with Gasteiger partial charge in [-0.05, 0) is 95.1 Å². The second kappa shape index (κ2) is 18.2. The van der Waals surface area contributed by atoms with Crippen LogP contribution in [-0.2, 0) is 17.2 Å². The van der Waals surface area contributed by atoms with Crippen LogP contribution in [0, 0.1) is 20.2 Å². The average Bonchev–Trinajstić information content (AvgIpc) is 3.86. The molecule has 14 nitrogen and oxygen atoms in total. The lowest BCUT2D eigenvalue weighted by Crippen LogP contribution is -1.98. The third-order valence-electron chi connectivity index (χ3n) is 6.98. The van der Waals surface area contributed by atoms with Crippen molar-refractivity contribution < 1.29 is 48.0 Å². The van der Waals surface area contributed by atoms with Gasteiger partial charge in [0.2, 0.25) is 11.5 Å². The molecule has 2 aromatic heterocycles. The summed E-state index contributed by atoms with van der Waals surface area (Å²) < 4.78 is 20.1. The summed E-state index contributed by atoms with van der Waals surface area (Å²) >= 11 is 5.44. The van der Waals surface area contributed by atoms with E-state index < -0.39 is 21.8 Å². The van der Waals surface area contributed by atoms with Crippen molar-refractivity contribution in [2.75, 3.05) is 7.11 Å². The van der Waals surface area contributed by atoms with Crippen molar-refractivity contribution in [2.45, 2.75) is 12.5 Å². The van der Waals surface area contributed by atoms with Crippen LogP contribution in [0.2, 0.25) is 0 Å². The molecule has 0 radical (unpaired) electrons. The van der Waals surface area contributed by atoms with E-state index in [1.165, 1.54) is 43.5 Å². The number of alkyl halides is 1. The lowest BCUT2D eigenvalue weighted by molar-refractivity contribution is -0.385. The van der Waals surface area contributed by atoms with E-state index in [9.17, 15) is 29.8 Å². The van der Waals surface area contributed by atoms with Gasteiger partial charge in [-0.1, -0.05) is 24.3 Å². The molecule has 6 rings (SSSR count). The molecule has 52 heavy (non-hydrogen) atoms. The van der Waals surface area contributed by atoms with Crippen molar-refractivity contribution in [3.05, 3.63) is 165 Å². The first-order valence-corrected chi connectivity index (χ1v) is 15.6. The van der Waals surface area contributed by atoms with E-state index in [1.54, 1.807) is 72.8 Å². The Kier molecular flexibility index (Phi) is 13.2. The maximum absolute atomic E-state index is 10.8. The maximum atomic E-state index is 10.8. The number of nitrogens with zero attached hydrogens (tertiary/aromatic N) is 2. The number of hydrogen-bond donors (Lipinski definition) is 2. The largest absolute Gasteiger partial charge is 0.508 e. The Hall–Kier alpha value is -6.93. The number of ether oxygens (including phenoxy) is 2. The second-order valence-corrected chi connectivity index (χ2v) is 10.7. The minimum Gasteiger partial charge on any atom is -0.508 e. The molecule has 0 unspecified atom stereocenters. The molecule has 4 aromatic carbocycles. The number of carbonyl (C=O) groups excluding carboxylic acids is 1. The van der Waals surface area contributed by atoms with Crippen LogP contribution in [-0.4, -0.2) is 39.1 Å². The number of benzene rings is 4. The quantitative estimate of drug-likeness (QED) is 0.0587. The number of carboxylic acid groups (broad SMARTS) is 1. The molecule has 2 N–H and O–H groups in total.